The Labute approximate surface area is 192 Å². The molecule has 1 amide bonds. The molecule has 2 atom stereocenters. The van der Waals surface area contributed by atoms with Gasteiger partial charge in [0.25, 0.3) is 5.91 Å². The van der Waals surface area contributed by atoms with Gasteiger partial charge in [-0.3, -0.25) is 9.48 Å². The third-order valence-electron chi connectivity index (χ3n) is 6.97. The van der Waals surface area contributed by atoms with E-state index in [1.807, 2.05) is 11.9 Å². The van der Waals surface area contributed by atoms with E-state index in [-0.39, 0.29) is 23.6 Å². The molecule has 34 heavy (non-hydrogen) atoms. The van der Waals surface area contributed by atoms with Crippen LogP contribution >= 0.6 is 0 Å². The summed E-state index contributed by atoms with van der Waals surface area (Å²) < 4.78 is 44.9. The standard InChI is InChI=1S/C24H21F3N6O/c1-31-11-29-18-8-13(10-28-23(18)31)24(34)33-14-4-3-5-19(33)21-15(9-14)22(32(2)30-21)12-6-16(25)20(27)17(26)7-12/h6-8,10-11,14,19H,3-5,9H2,1-2H3/t14-,19+/m0/s1. The second-order valence-electron chi connectivity index (χ2n) is 9.03. The van der Waals surface area contributed by atoms with Gasteiger partial charge in [-0.15, -0.1) is 0 Å². The lowest BCUT2D eigenvalue weighted by molar-refractivity contribution is 0.0391. The molecule has 0 saturated carbocycles. The van der Waals surface area contributed by atoms with Gasteiger partial charge < -0.3 is 9.47 Å². The highest BCUT2D eigenvalue weighted by atomic mass is 19.2. The number of aryl methyl sites for hydroxylation is 2. The molecule has 0 unspecified atom stereocenters. The number of halogens is 3. The van der Waals surface area contributed by atoms with Crippen molar-refractivity contribution < 1.29 is 18.0 Å². The van der Waals surface area contributed by atoms with Crippen LogP contribution in [0.3, 0.4) is 0 Å². The molecule has 5 heterocycles. The Bertz CT molecular complexity index is 1450. The van der Waals surface area contributed by atoms with Crippen LogP contribution in [0.1, 0.15) is 46.9 Å². The maximum Gasteiger partial charge on any atom is 0.256 e. The van der Waals surface area contributed by atoms with E-state index < -0.39 is 17.5 Å². The largest absolute Gasteiger partial charge is 0.327 e. The molecule has 10 heteroatoms. The predicted octanol–water partition coefficient (Wildman–Crippen LogP) is 4.08. The SMILES string of the molecule is Cn1nc2c(c1-c1cc(F)c(F)c(F)c1)C[C@@H]1CCC[C@H]2N1C(=O)c1cnc2c(c1)ncn2C. The molecule has 7 nitrogen and oxygen atoms in total. The van der Waals surface area contributed by atoms with E-state index in [2.05, 4.69) is 15.1 Å². The van der Waals surface area contributed by atoms with Crippen molar-refractivity contribution in [1.82, 2.24) is 29.2 Å². The molecular formula is C24H21F3N6O. The molecule has 2 aliphatic rings. The van der Waals surface area contributed by atoms with Crippen LogP contribution in [0.25, 0.3) is 22.4 Å². The van der Waals surface area contributed by atoms with Gasteiger partial charge in [0.2, 0.25) is 0 Å². The normalized spacial score (nSPS) is 19.5. The highest BCUT2D eigenvalue weighted by Crippen LogP contribution is 2.45. The van der Waals surface area contributed by atoms with E-state index in [0.29, 0.717) is 28.8 Å². The number of hydrogen-bond acceptors (Lipinski definition) is 4. The number of imidazole rings is 1. The van der Waals surface area contributed by atoms with E-state index in [1.54, 1.807) is 34.9 Å². The Balaban J connectivity index is 1.42. The van der Waals surface area contributed by atoms with Gasteiger partial charge in [0.1, 0.15) is 5.52 Å². The van der Waals surface area contributed by atoms with E-state index in [4.69, 9.17) is 0 Å². The van der Waals surface area contributed by atoms with Crippen LogP contribution in [0, 0.1) is 17.5 Å². The maximum absolute atomic E-state index is 14.0. The van der Waals surface area contributed by atoms with E-state index >= 15 is 0 Å². The first-order valence-corrected chi connectivity index (χ1v) is 11.1. The van der Waals surface area contributed by atoms with Crippen LogP contribution in [0.15, 0.2) is 30.7 Å². The molecule has 0 N–H and O–H groups in total. The smallest absolute Gasteiger partial charge is 0.256 e. The Kier molecular flexibility index (Phi) is 4.55. The molecular weight excluding hydrogens is 445 g/mol. The molecule has 174 valence electrons. The summed E-state index contributed by atoms with van der Waals surface area (Å²) in [5, 5.41) is 4.66. The molecule has 4 aromatic rings. The van der Waals surface area contributed by atoms with Gasteiger partial charge in [-0.25, -0.2) is 23.1 Å². The molecule has 1 aromatic carbocycles. The summed E-state index contributed by atoms with van der Waals surface area (Å²) in [7, 11) is 3.54. The van der Waals surface area contributed by atoms with Gasteiger partial charge in [0.15, 0.2) is 23.1 Å². The number of benzene rings is 1. The van der Waals surface area contributed by atoms with E-state index in [9.17, 15) is 18.0 Å². The quantitative estimate of drug-likeness (QED) is 0.418. The van der Waals surface area contributed by atoms with Crippen molar-refractivity contribution in [1.29, 1.82) is 0 Å². The van der Waals surface area contributed by atoms with Crippen molar-refractivity contribution in [3.05, 3.63) is 65.0 Å². The molecule has 0 aliphatic carbocycles. The number of carbonyl (C=O) groups is 1. The number of nitrogens with zero attached hydrogens (tertiary/aromatic N) is 6. The second-order valence-corrected chi connectivity index (χ2v) is 9.03. The monoisotopic (exact) mass is 466 g/mol. The van der Waals surface area contributed by atoms with Crippen molar-refractivity contribution >= 4 is 17.1 Å². The van der Waals surface area contributed by atoms with Crippen molar-refractivity contribution in [3.63, 3.8) is 0 Å². The minimum absolute atomic E-state index is 0.0868. The molecule has 2 aliphatic heterocycles. The second kappa shape index (κ2) is 7.41. The number of amides is 1. The Morgan fingerprint density at radius 1 is 1.06 bits per heavy atom. The van der Waals surface area contributed by atoms with Crippen LogP contribution in [0.2, 0.25) is 0 Å². The fourth-order valence-corrected chi connectivity index (χ4v) is 5.48. The number of piperidine rings is 1. The summed E-state index contributed by atoms with van der Waals surface area (Å²) in [6.45, 7) is 0. The first-order valence-electron chi connectivity index (χ1n) is 11.1. The maximum atomic E-state index is 14.0. The van der Waals surface area contributed by atoms with Crippen molar-refractivity contribution in [3.8, 4) is 11.3 Å². The van der Waals surface area contributed by atoms with Gasteiger partial charge in [-0.2, -0.15) is 5.10 Å². The number of rotatable bonds is 2. The third kappa shape index (κ3) is 2.97. The highest BCUT2D eigenvalue weighted by molar-refractivity contribution is 5.97. The zero-order valence-electron chi connectivity index (χ0n) is 18.6. The van der Waals surface area contributed by atoms with Crippen LogP contribution < -0.4 is 0 Å². The molecule has 2 bridgehead atoms. The van der Waals surface area contributed by atoms with Gasteiger partial charge in [-0.1, -0.05) is 0 Å². The number of hydrogen-bond donors (Lipinski definition) is 0. The Morgan fingerprint density at radius 2 is 1.82 bits per heavy atom. The van der Waals surface area contributed by atoms with Gasteiger partial charge in [0.05, 0.1) is 29.3 Å². The first-order chi connectivity index (χ1) is 16.3. The number of carbonyl (C=O) groups excluding carboxylic acids is 1. The van der Waals surface area contributed by atoms with Crippen LogP contribution in [0.4, 0.5) is 13.2 Å². The lowest BCUT2D eigenvalue weighted by atomic mass is 9.81. The molecule has 3 aromatic heterocycles. The summed E-state index contributed by atoms with van der Waals surface area (Å²) in [6, 6.07) is 3.40. The van der Waals surface area contributed by atoms with Gasteiger partial charge in [-0.05, 0) is 43.9 Å². The zero-order chi connectivity index (χ0) is 23.7. The summed E-state index contributed by atoms with van der Waals surface area (Å²) in [6.07, 6.45) is 6.22. The average Bonchev–Trinajstić information content (AvgIpc) is 3.35. The molecule has 6 rings (SSSR count). The summed E-state index contributed by atoms with van der Waals surface area (Å²) in [5.41, 5.74) is 4.17. The average molecular weight is 466 g/mol. The van der Waals surface area contributed by atoms with Gasteiger partial charge in [0, 0.05) is 37.5 Å². The molecule has 1 saturated heterocycles. The van der Waals surface area contributed by atoms with Crippen molar-refractivity contribution in [2.75, 3.05) is 0 Å². The Morgan fingerprint density at radius 3 is 2.59 bits per heavy atom. The lowest BCUT2D eigenvalue weighted by Crippen LogP contribution is -2.49. The fraction of sp³-hybridized carbons (Fsp3) is 0.333. The van der Waals surface area contributed by atoms with Crippen LogP contribution in [0.5, 0.6) is 0 Å². The number of pyridine rings is 1. The lowest BCUT2D eigenvalue weighted by Gasteiger charge is -2.45. The van der Waals surface area contributed by atoms with Crippen molar-refractivity contribution in [2.45, 2.75) is 37.8 Å². The zero-order valence-corrected chi connectivity index (χ0v) is 18.6. The minimum atomic E-state index is -1.49. The summed E-state index contributed by atoms with van der Waals surface area (Å²) in [5.74, 6) is -4.11. The molecule has 1 fully saturated rings. The number of aromatic nitrogens is 5. The third-order valence-corrected chi connectivity index (χ3v) is 6.97. The van der Waals surface area contributed by atoms with Crippen LogP contribution in [-0.2, 0) is 20.5 Å². The Hall–Kier alpha value is -3.69. The fourth-order valence-electron chi connectivity index (χ4n) is 5.48. The molecule has 0 radical (unpaired) electrons. The van der Waals surface area contributed by atoms with E-state index in [1.165, 1.54) is 0 Å². The van der Waals surface area contributed by atoms with E-state index in [0.717, 1.165) is 42.7 Å². The number of fused-ring (bicyclic) bond motifs is 5. The highest BCUT2D eigenvalue weighted by Gasteiger charge is 2.43. The minimum Gasteiger partial charge on any atom is -0.327 e. The topological polar surface area (TPSA) is 68.8 Å². The first kappa shape index (κ1) is 20.9. The summed E-state index contributed by atoms with van der Waals surface area (Å²) in [4.78, 5) is 24.2. The van der Waals surface area contributed by atoms with Crippen molar-refractivity contribution in [2.24, 2.45) is 14.1 Å². The summed E-state index contributed by atoms with van der Waals surface area (Å²) >= 11 is 0. The van der Waals surface area contributed by atoms with Crippen LogP contribution in [-0.4, -0.2) is 41.2 Å². The van der Waals surface area contributed by atoms with Gasteiger partial charge >= 0.3 is 0 Å². The predicted molar refractivity (Wildman–Crippen MR) is 117 cm³/mol. The molecule has 0 spiro atoms.